The van der Waals surface area contributed by atoms with Gasteiger partial charge in [0.25, 0.3) is 0 Å². The monoisotopic (exact) mass is 299 g/mol. The molecule has 0 aliphatic heterocycles. The first kappa shape index (κ1) is 16.8. The smallest absolute Gasteiger partial charge is 0.407 e. The Bertz CT molecular complexity index is 388. The van der Waals surface area contributed by atoms with E-state index < -0.39 is 5.60 Å². The number of nitrogens with one attached hydrogen (secondary N) is 1. The predicted octanol–water partition coefficient (Wildman–Crippen LogP) is 3.27. The third kappa shape index (κ3) is 6.75. The van der Waals surface area contributed by atoms with E-state index in [2.05, 4.69) is 22.1 Å². The summed E-state index contributed by atoms with van der Waals surface area (Å²) in [4.78, 5) is 18.0. The predicted molar refractivity (Wildman–Crippen MR) is 83.5 cm³/mol. The Kier molecular flexibility index (Phi) is 6.78. The highest BCUT2D eigenvalue weighted by Gasteiger charge is 2.15. The summed E-state index contributed by atoms with van der Waals surface area (Å²) in [6.07, 6.45) is 3.43. The van der Waals surface area contributed by atoms with Crippen LogP contribution in [0.4, 0.5) is 9.93 Å². The number of thiazole rings is 1. The maximum Gasteiger partial charge on any atom is 0.407 e. The number of anilines is 1. The first-order valence-corrected chi connectivity index (χ1v) is 7.91. The van der Waals surface area contributed by atoms with Crippen LogP contribution in [-0.4, -0.2) is 36.3 Å². The number of rotatable bonds is 7. The number of nitrogens with zero attached hydrogens (tertiary/aromatic N) is 2. The van der Waals surface area contributed by atoms with Gasteiger partial charge in [0.2, 0.25) is 0 Å². The fourth-order valence-corrected chi connectivity index (χ4v) is 2.43. The number of carbonyl (C=O) groups excluding carboxylic acids is 1. The van der Waals surface area contributed by atoms with Crippen molar-refractivity contribution in [1.29, 1.82) is 0 Å². The Balaban J connectivity index is 2.14. The zero-order valence-electron chi connectivity index (χ0n) is 12.8. The van der Waals surface area contributed by atoms with Gasteiger partial charge >= 0.3 is 6.09 Å². The topological polar surface area (TPSA) is 54.5 Å². The Morgan fingerprint density at radius 2 is 2.20 bits per heavy atom. The van der Waals surface area contributed by atoms with Gasteiger partial charge in [-0.15, -0.1) is 11.3 Å². The highest BCUT2D eigenvalue weighted by Crippen LogP contribution is 2.17. The molecule has 1 rings (SSSR count). The molecule has 1 aromatic heterocycles. The normalized spacial score (nSPS) is 11.2. The van der Waals surface area contributed by atoms with Crippen molar-refractivity contribution in [3.8, 4) is 0 Å². The molecule has 0 atom stereocenters. The molecule has 0 saturated heterocycles. The SMILES string of the molecule is CCN(CCCCNC(=O)OC(C)(C)C)c1nccs1. The van der Waals surface area contributed by atoms with Crippen LogP contribution in [0.1, 0.15) is 40.5 Å². The van der Waals surface area contributed by atoms with Gasteiger partial charge in [0.15, 0.2) is 5.13 Å². The van der Waals surface area contributed by atoms with E-state index in [1.807, 2.05) is 32.3 Å². The highest BCUT2D eigenvalue weighted by atomic mass is 32.1. The van der Waals surface area contributed by atoms with Crippen LogP contribution in [-0.2, 0) is 4.74 Å². The van der Waals surface area contributed by atoms with Crippen molar-refractivity contribution in [2.24, 2.45) is 0 Å². The lowest BCUT2D eigenvalue weighted by Crippen LogP contribution is -2.33. The summed E-state index contributed by atoms with van der Waals surface area (Å²) < 4.78 is 5.18. The maximum atomic E-state index is 11.4. The average Bonchev–Trinajstić information content (AvgIpc) is 2.85. The molecule has 0 saturated carbocycles. The van der Waals surface area contributed by atoms with Crippen molar-refractivity contribution in [3.05, 3.63) is 11.6 Å². The summed E-state index contributed by atoms with van der Waals surface area (Å²) in [5, 5.41) is 5.82. The molecule has 5 nitrogen and oxygen atoms in total. The quantitative estimate of drug-likeness (QED) is 0.785. The van der Waals surface area contributed by atoms with Gasteiger partial charge in [-0.2, -0.15) is 0 Å². The molecule has 0 aliphatic carbocycles. The Morgan fingerprint density at radius 3 is 2.75 bits per heavy atom. The van der Waals surface area contributed by atoms with Crippen LogP contribution < -0.4 is 10.2 Å². The van der Waals surface area contributed by atoms with Crippen molar-refractivity contribution in [3.63, 3.8) is 0 Å². The fourth-order valence-electron chi connectivity index (χ4n) is 1.69. The minimum atomic E-state index is -0.437. The molecule has 0 unspecified atom stereocenters. The van der Waals surface area contributed by atoms with Gasteiger partial charge in [-0.1, -0.05) is 0 Å². The van der Waals surface area contributed by atoms with E-state index >= 15 is 0 Å². The number of alkyl carbamates (subject to hydrolysis) is 1. The standard InChI is InChI=1S/C14H25N3O2S/c1-5-17(12-15-9-11-20-12)10-7-6-8-16-13(18)19-14(2,3)4/h9,11H,5-8,10H2,1-4H3,(H,16,18). The average molecular weight is 299 g/mol. The molecule has 114 valence electrons. The second-order valence-electron chi connectivity index (χ2n) is 5.53. The van der Waals surface area contributed by atoms with Gasteiger partial charge in [-0.05, 0) is 40.5 Å². The molecule has 0 radical (unpaired) electrons. The summed E-state index contributed by atoms with van der Waals surface area (Å²) in [6.45, 7) is 10.3. The lowest BCUT2D eigenvalue weighted by Gasteiger charge is -2.20. The van der Waals surface area contributed by atoms with E-state index in [9.17, 15) is 4.79 Å². The molecule has 0 bridgehead atoms. The summed E-state index contributed by atoms with van der Waals surface area (Å²) in [6, 6.07) is 0. The number of unbranched alkanes of at least 4 members (excludes halogenated alkanes) is 1. The van der Waals surface area contributed by atoms with Gasteiger partial charge in [-0.25, -0.2) is 9.78 Å². The minimum absolute atomic E-state index is 0.343. The number of aromatic nitrogens is 1. The third-order valence-electron chi connectivity index (χ3n) is 2.59. The van der Waals surface area contributed by atoms with E-state index in [-0.39, 0.29) is 6.09 Å². The molecule has 1 aromatic rings. The van der Waals surface area contributed by atoms with E-state index in [1.165, 1.54) is 0 Å². The summed E-state index contributed by atoms with van der Waals surface area (Å²) in [5.74, 6) is 0. The number of carbonyl (C=O) groups is 1. The van der Waals surface area contributed by atoms with E-state index in [4.69, 9.17) is 4.74 Å². The molecule has 0 aromatic carbocycles. The fraction of sp³-hybridized carbons (Fsp3) is 0.714. The summed E-state index contributed by atoms with van der Waals surface area (Å²) in [5.41, 5.74) is -0.437. The minimum Gasteiger partial charge on any atom is -0.444 e. The van der Waals surface area contributed by atoms with Crippen LogP contribution in [0.3, 0.4) is 0 Å². The van der Waals surface area contributed by atoms with E-state index in [0.717, 1.165) is 31.1 Å². The Labute approximate surface area is 125 Å². The van der Waals surface area contributed by atoms with Crippen LogP contribution in [0, 0.1) is 0 Å². The van der Waals surface area contributed by atoms with Crippen LogP contribution >= 0.6 is 11.3 Å². The number of ether oxygens (including phenoxy) is 1. The van der Waals surface area contributed by atoms with Crippen molar-refractivity contribution in [2.75, 3.05) is 24.5 Å². The van der Waals surface area contributed by atoms with Crippen LogP contribution in [0.5, 0.6) is 0 Å². The highest BCUT2D eigenvalue weighted by molar-refractivity contribution is 7.13. The molecule has 0 fully saturated rings. The summed E-state index contributed by atoms with van der Waals surface area (Å²) in [7, 11) is 0. The molecular weight excluding hydrogens is 274 g/mol. The second-order valence-corrected chi connectivity index (χ2v) is 6.40. The lowest BCUT2D eigenvalue weighted by atomic mass is 10.2. The van der Waals surface area contributed by atoms with Gasteiger partial charge in [0.05, 0.1) is 0 Å². The number of hydrogen-bond acceptors (Lipinski definition) is 5. The second kappa shape index (κ2) is 8.09. The summed E-state index contributed by atoms with van der Waals surface area (Å²) >= 11 is 1.66. The van der Waals surface area contributed by atoms with Crippen LogP contribution in [0.25, 0.3) is 0 Å². The van der Waals surface area contributed by atoms with Crippen molar-refractivity contribution in [2.45, 2.75) is 46.1 Å². The molecule has 1 heterocycles. The Morgan fingerprint density at radius 1 is 1.45 bits per heavy atom. The molecule has 0 spiro atoms. The maximum absolute atomic E-state index is 11.4. The van der Waals surface area contributed by atoms with Crippen molar-refractivity contribution >= 4 is 22.6 Å². The molecule has 6 heteroatoms. The zero-order chi connectivity index (χ0) is 15.0. The van der Waals surface area contributed by atoms with Crippen molar-refractivity contribution < 1.29 is 9.53 Å². The largest absolute Gasteiger partial charge is 0.444 e. The van der Waals surface area contributed by atoms with Gasteiger partial charge in [0.1, 0.15) is 5.60 Å². The first-order valence-electron chi connectivity index (χ1n) is 7.03. The van der Waals surface area contributed by atoms with Gasteiger partial charge < -0.3 is 15.0 Å². The van der Waals surface area contributed by atoms with E-state index in [1.54, 1.807) is 11.3 Å². The Hall–Kier alpha value is -1.30. The molecule has 0 aliphatic rings. The molecule has 20 heavy (non-hydrogen) atoms. The van der Waals surface area contributed by atoms with Gasteiger partial charge in [0, 0.05) is 31.2 Å². The number of amides is 1. The van der Waals surface area contributed by atoms with Gasteiger partial charge in [-0.3, -0.25) is 0 Å². The zero-order valence-corrected chi connectivity index (χ0v) is 13.6. The lowest BCUT2D eigenvalue weighted by molar-refractivity contribution is 0.0527. The van der Waals surface area contributed by atoms with E-state index in [0.29, 0.717) is 6.54 Å². The molecule has 1 amide bonds. The van der Waals surface area contributed by atoms with Crippen molar-refractivity contribution in [1.82, 2.24) is 10.3 Å². The van der Waals surface area contributed by atoms with Crippen LogP contribution in [0.2, 0.25) is 0 Å². The first-order chi connectivity index (χ1) is 9.42. The molecule has 1 N–H and O–H groups in total. The molecular formula is C14H25N3O2S. The number of hydrogen-bond donors (Lipinski definition) is 1. The third-order valence-corrected chi connectivity index (χ3v) is 3.43. The van der Waals surface area contributed by atoms with Crippen LogP contribution in [0.15, 0.2) is 11.6 Å².